The van der Waals surface area contributed by atoms with Gasteiger partial charge in [-0.2, -0.15) is 0 Å². The fourth-order valence-electron chi connectivity index (χ4n) is 2.28. The van der Waals surface area contributed by atoms with Crippen LogP contribution in [0.15, 0.2) is 57.8 Å². The molecule has 0 aliphatic rings. The Labute approximate surface area is 247 Å². The lowest BCUT2D eigenvalue weighted by Gasteiger charge is -2.12. The van der Waals surface area contributed by atoms with Crippen molar-refractivity contribution in [2.45, 2.75) is 0 Å². The third-order valence-corrected chi connectivity index (χ3v) is 4.80. The van der Waals surface area contributed by atoms with Crippen LogP contribution in [0, 0.1) is 5.41 Å². The number of halogens is 2. The van der Waals surface area contributed by atoms with Gasteiger partial charge in [0.1, 0.15) is 26.4 Å². The van der Waals surface area contributed by atoms with Gasteiger partial charge in [-0.3, -0.25) is 5.41 Å². The van der Waals surface area contributed by atoms with Crippen LogP contribution in [-0.2, 0) is 34.6 Å². The third kappa shape index (κ3) is 9.74. The van der Waals surface area contributed by atoms with Gasteiger partial charge >= 0.3 is 29.8 Å². The molecule has 2 aromatic rings. The molecule has 0 aliphatic carbocycles. The average molecular weight is 773 g/mol. The van der Waals surface area contributed by atoms with Gasteiger partial charge in [-0.15, -0.1) is 0 Å². The minimum absolute atomic E-state index is 0.188. The minimum Gasteiger partial charge on any atom is -0.472 e. The van der Waals surface area contributed by atoms with Crippen molar-refractivity contribution in [1.82, 2.24) is 0 Å². The van der Waals surface area contributed by atoms with Crippen molar-refractivity contribution in [2.24, 2.45) is 0 Å². The smallest absolute Gasteiger partial charge is 0.383 e. The maximum Gasteiger partial charge on any atom is 0.383 e. The molecule has 0 radical (unpaired) electrons. The first-order chi connectivity index (χ1) is 18.6. The van der Waals surface area contributed by atoms with Crippen LogP contribution in [0.3, 0.4) is 0 Å². The predicted octanol–water partition coefficient (Wildman–Crippen LogP) is 3.48. The predicted molar refractivity (Wildman–Crippen MR) is 141 cm³/mol. The Kier molecular flexibility index (Phi) is 12.5. The van der Waals surface area contributed by atoms with Crippen LogP contribution in [-0.4, -0.2) is 62.2 Å². The molecule has 1 N–H and O–H groups in total. The molecule has 2 aromatic heterocycles. The molecule has 0 aliphatic heterocycles. The van der Waals surface area contributed by atoms with Crippen molar-refractivity contribution < 1.29 is 62.6 Å². The summed E-state index contributed by atoms with van der Waals surface area (Å²) in [6.07, 6.45) is 0. The molecular formula is C22H17I2NO14. The van der Waals surface area contributed by atoms with E-state index in [2.05, 4.69) is 19.3 Å². The molecule has 2 rings (SSSR count). The number of carbonyl (C=O) groups is 5. The molecule has 0 amide bonds. The highest BCUT2D eigenvalue weighted by Gasteiger charge is 2.20. The minimum atomic E-state index is -1.04. The van der Waals surface area contributed by atoms with Gasteiger partial charge in [-0.1, -0.05) is 6.58 Å². The van der Waals surface area contributed by atoms with Gasteiger partial charge in [-0.25, -0.2) is 24.0 Å². The molecule has 17 heteroatoms. The zero-order valence-corrected chi connectivity index (χ0v) is 23.8. The van der Waals surface area contributed by atoms with Crippen LogP contribution in [0.5, 0.6) is 0 Å². The second-order valence-corrected chi connectivity index (χ2v) is 7.47. The van der Waals surface area contributed by atoms with Crippen LogP contribution in [0.2, 0.25) is 0 Å². The average Bonchev–Trinajstić information content (AvgIpc) is 3.63. The largest absolute Gasteiger partial charge is 0.472 e. The summed E-state index contributed by atoms with van der Waals surface area (Å²) >= 11 is 2.73. The van der Waals surface area contributed by atoms with E-state index in [0.29, 0.717) is 0 Å². The van der Waals surface area contributed by atoms with Crippen LogP contribution in [0.1, 0.15) is 42.2 Å². The Morgan fingerprint density at radius 2 is 1.03 bits per heavy atom. The first-order valence-electron chi connectivity index (χ1n) is 10.2. The van der Waals surface area contributed by atoms with Gasteiger partial charge in [0, 0.05) is 0 Å². The summed E-state index contributed by atoms with van der Waals surface area (Å²) in [6, 6.07) is 4.89. The van der Waals surface area contributed by atoms with Crippen LogP contribution < -0.4 is 0 Å². The zero-order chi connectivity index (χ0) is 28.9. The highest BCUT2D eigenvalue weighted by atomic mass is 127. The first kappa shape index (κ1) is 31.3. The summed E-state index contributed by atoms with van der Waals surface area (Å²) in [6.45, 7) is 5.45. The van der Waals surface area contributed by atoms with E-state index in [1.807, 2.05) is 0 Å². The van der Waals surface area contributed by atoms with E-state index in [1.54, 1.807) is 0 Å². The van der Waals surface area contributed by atoms with E-state index in [0.717, 1.165) is 0 Å². The summed E-state index contributed by atoms with van der Waals surface area (Å²) in [5.74, 6) is -6.82. The Hall–Kier alpha value is -3.88. The number of rotatable bonds is 14. The van der Waals surface area contributed by atoms with Crippen molar-refractivity contribution in [2.75, 3.05) is 26.4 Å². The molecule has 0 unspecified atom stereocenters. The monoisotopic (exact) mass is 773 g/mol. The highest BCUT2D eigenvalue weighted by molar-refractivity contribution is 14.1. The maximum absolute atomic E-state index is 12.0. The molecule has 2 heterocycles. The fraction of sp³-hybridized carbons (Fsp3) is 0.182. The lowest BCUT2D eigenvalue weighted by atomic mass is 10.4. The molecule has 15 nitrogen and oxygen atoms in total. The topological polar surface area (TPSA) is 200 Å². The Balaban J connectivity index is 1.63. The Morgan fingerprint density at radius 3 is 1.46 bits per heavy atom. The second kappa shape index (κ2) is 15.5. The fourth-order valence-corrected chi connectivity index (χ4v) is 2.71. The number of ether oxygens (including phenoxy) is 5. The molecule has 0 atom stereocenters. The Morgan fingerprint density at radius 1 is 0.641 bits per heavy atom. The van der Waals surface area contributed by atoms with E-state index in [1.165, 1.54) is 70.3 Å². The molecule has 0 saturated carbocycles. The van der Waals surface area contributed by atoms with Crippen molar-refractivity contribution >= 4 is 81.8 Å². The van der Waals surface area contributed by atoms with E-state index < -0.39 is 47.3 Å². The number of hydrogen-bond acceptors (Lipinski definition) is 15. The molecule has 0 saturated heterocycles. The number of hydrogen-bond donors (Lipinski definition) is 1. The molecule has 0 bridgehead atoms. The lowest BCUT2D eigenvalue weighted by Crippen LogP contribution is -2.18. The summed E-state index contributed by atoms with van der Waals surface area (Å²) in [5.41, 5.74) is 0. The molecular weight excluding hydrogens is 756 g/mol. The number of furan rings is 2. The van der Waals surface area contributed by atoms with Crippen LogP contribution >= 0.6 is 46.0 Å². The standard InChI is InChI=1S/C22H17I2NO14/c1-11(17(25)31-7-8-33-19(27)13-3-5-15(36-13)21(29)38-23)35-12(2)18(26)32-9-10-34-20(28)14-4-6-16(37-14)22(30)39-24/h3-6,25H,1-2,7-10H2. The van der Waals surface area contributed by atoms with E-state index in [4.69, 9.17) is 37.9 Å². The highest BCUT2D eigenvalue weighted by Crippen LogP contribution is 2.13. The van der Waals surface area contributed by atoms with Gasteiger partial charge in [0.15, 0.2) is 51.8 Å². The second-order valence-electron chi connectivity index (χ2n) is 6.59. The molecule has 0 aromatic carbocycles. The van der Waals surface area contributed by atoms with Gasteiger partial charge in [0.05, 0.1) is 0 Å². The van der Waals surface area contributed by atoms with Crippen molar-refractivity contribution in [3.05, 3.63) is 72.0 Å². The third-order valence-electron chi connectivity index (χ3n) is 4.00. The summed E-state index contributed by atoms with van der Waals surface area (Å²) in [4.78, 5) is 58.4. The van der Waals surface area contributed by atoms with E-state index in [9.17, 15) is 24.0 Å². The number of nitrogens with one attached hydrogen (secondary N) is 1. The summed E-state index contributed by atoms with van der Waals surface area (Å²) in [5, 5.41) is 7.74. The lowest BCUT2D eigenvalue weighted by molar-refractivity contribution is -0.143. The Bertz CT molecular complexity index is 1180. The maximum atomic E-state index is 12.0. The SMILES string of the molecule is C=C(OC(=C)C(=O)OCCOC(=O)c1ccc(C(=O)OI)o1)C(=N)OCCOC(=O)c1ccc(C(=O)OI)o1. The van der Waals surface area contributed by atoms with Crippen LogP contribution in [0.25, 0.3) is 0 Å². The summed E-state index contributed by atoms with van der Waals surface area (Å²) < 4.78 is 43.4. The van der Waals surface area contributed by atoms with E-state index >= 15 is 0 Å². The number of carbonyl (C=O) groups excluding carboxylic acids is 5. The summed E-state index contributed by atoms with van der Waals surface area (Å²) in [7, 11) is 0. The first-order valence-corrected chi connectivity index (χ1v) is 12.0. The van der Waals surface area contributed by atoms with Gasteiger partial charge in [0.2, 0.25) is 34.7 Å². The molecule has 208 valence electrons. The van der Waals surface area contributed by atoms with Gasteiger partial charge in [-0.05, 0) is 30.8 Å². The van der Waals surface area contributed by atoms with E-state index in [-0.39, 0.29) is 49.5 Å². The quantitative estimate of drug-likeness (QED) is 0.0428. The zero-order valence-electron chi connectivity index (χ0n) is 19.5. The van der Waals surface area contributed by atoms with Crippen LogP contribution in [0.4, 0.5) is 0 Å². The normalized spacial score (nSPS) is 10.0. The van der Waals surface area contributed by atoms with Crippen molar-refractivity contribution in [3.8, 4) is 0 Å². The molecule has 0 spiro atoms. The van der Waals surface area contributed by atoms with Gasteiger partial charge < -0.3 is 38.7 Å². The van der Waals surface area contributed by atoms with Crippen molar-refractivity contribution in [1.29, 1.82) is 5.41 Å². The molecule has 0 fully saturated rings. The number of esters is 3. The molecule has 39 heavy (non-hydrogen) atoms. The van der Waals surface area contributed by atoms with Gasteiger partial charge in [0.25, 0.3) is 0 Å². The van der Waals surface area contributed by atoms with Crippen molar-refractivity contribution in [3.63, 3.8) is 0 Å².